The molecule has 1 aromatic carbocycles. The van der Waals surface area contributed by atoms with Gasteiger partial charge in [-0.3, -0.25) is 14.5 Å². The summed E-state index contributed by atoms with van der Waals surface area (Å²) in [4.78, 5) is 26.0. The first-order valence-corrected chi connectivity index (χ1v) is 11.7. The highest BCUT2D eigenvalue weighted by Crippen LogP contribution is 2.20. The van der Waals surface area contributed by atoms with Crippen molar-refractivity contribution in [2.24, 2.45) is 0 Å². The number of benzene rings is 1. The lowest BCUT2D eigenvalue weighted by atomic mass is 10.0. The summed E-state index contributed by atoms with van der Waals surface area (Å²) in [5.74, 6) is -0.175. The monoisotopic (exact) mass is 444 g/mol. The Labute approximate surface area is 177 Å². The van der Waals surface area contributed by atoms with Gasteiger partial charge in [0.2, 0.25) is 21.8 Å². The van der Waals surface area contributed by atoms with Crippen LogP contribution in [-0.2, 0) is 19.6 Å². The maximum atomic E-state index is 12.2. The number of carbonyl (C=O) groups is 2. The Morgan fingerprint density at radius 2 is 1.83 bits per heavy atom. The molecule has 8 nitrogen and oxygen atoms in total. The molecule has 10 heteroatoms. The fraction of sp³-hybridized carbons (Fsp3) is 0.579. The highest BCUT2D eigenvalue weighted by Gasteiger charge is 2.22. The Bertz CT molecular complexity index is 795. The third kappa shape index (κ3) is 7.93. The lowest BCUT2D eigenvalue weighted by Crippen LogP contribution is -2.47. The van der Waals surface area contributed by atoms with Crippen LogP contribution in [0, 0.1) is 0 Å². The molecule has 2 amide bonds. The van der Waals surface area contributed by atoms with Gasteiger partial charge in [-0.2, -0.15) is 0 Å². The standard InChI is InChI=1S/C19H29ClN4O4S/c1-2-10-21-19(26)14-24-12-8-15(9-13-24)23-18(25)7-11-22-29(27,28)17-6-4-3-5-16(17)20/h3-6,15,22H,2,7-14H2,1H3,(H,21,26)(H,23,25). The van der Waals surface area contributed by atoms with Gasteiger partial charge < -0.3 is 10.6 Å². The summed E-state index contributed by atoms with van der Waals surface area (Å²) in [6, 6.07) is 6.20. The molecule has 29 heavy (non-hydrogen) atoms. The summed E-state index contributed by atoms with van der Waals surface area (Å²) >= 11 is 5.92. The molecule has 2 rings (SSSR count). The first-order chi connectivity index (χ1) is 13.8. The number of sulfonamides is 1. The lowest BCUT2D eigenvalue weighted by molar-refractivity contribution is -0.124. The molecule has 1 aliphatic heterocycles. The summed E-state index contributed by atoms with van der Waals surface area (Å²) < 4.78 is 26.9. The van der Waals surface area contributed by atoms with Gasteiger partial charge in [-0.1, -0.05) is 30.7 Å². The molecule has 0 saturated carbocycles. The van der Waals surface area contributed by atoms with Crippen LogP contribution in [0.25, 0.3) is 0 Å². The third-order valence-corrected chi connectivity index (χ3v) is 6.62. The molecule has 0 aromatic heterocycles. The highest BCUT2D eigenvalue weighted by atomic mass is 35.5. The second-order valence-electron chi connectivity index (χ2n) is 7.05. The van der Waals surface area contributed by atoms with Gasteiger partial charge in [0.15, 0.2) is 0 Å². The average Bonchev–Trinajstić information content (AvgIpc) is 2.68. The Kier molecular flexibility index (Phi) is 9.35. The zero-order valence-electron chi connectivity index (χ0n) is 16.6. The molecule has 0 radical (unpaired) electrons. The maximum Gasteiger partial charge on any atom is 0.242 e. The van der Waals surface area contributed by atoms with Crippen LogP contribution in [-0.4, -0.2) is 63.9 Å². The molecule has 0 atom stereocenters. The van der Waals surface area contributed by atoms with E-state index in [1.165, 1.54) is 12.1 Å². The van der Waals surface area contributed by atoms with Gasteiger partial charge in [0.1, 0.15) is 4.90 Å². The Morgan fingerprint density at radius 1 is 1.14 bits per heavy atom. The number of halogens is 1. The number of piperidine rings is 1. The molecule has 0 spiro atoms. The summed E-state index contributed by atoms with van der Waals surface area (Å²) in [6.07, 6.45) is 2.48. The number of hydrogen-bond donors (Lipinski definition) is 3. The van der Waals surface area contributed by atoms with E-state index in [1.54, 1.807) is 12.1 Å². The third-order valence-electron chi connectivity index (χ3n) is 4.66. The Morgan fingerprint density at radius 3 is 2.48 bits per heavy atom. The molecule has 0 unspecified atom stereocenters. The fourth-order valence-electron chi connectivity index (χ4n) is 3.10. The van der Waals surface area contributed by atoms with Crippen molar-refractivity contribution < 1.29 is 18.0 Å². The van der Waals surface area contributed by atoms with Gasteiger partial charge in [-0.05, 0) is 31.4 Å². The molecule has 1 saturated heterocycles. The number of nitrogens with zero attached hydrogens (tertiary/aromatic N) is 1. The van der Waals surface area contributed by atoms with E-state index in [4.69, 9.17) is 11.6 Å². The van der Waals surface area contributed by atoms with E-state index >= 15 is 0 Å². The van der Waals surface area contributed by atoms with Crippen molar-refractivity contribution in [3.63, 3.8) is 0 Å². The smallest absolute Gasteiger partial charge is 0.242 e. The van der Waals surface area contributed by atoms with Gasteiger partial charge in [-0.15, -0.1) is 0 Å². The molecule has 1 aliphatic rings. The van der Waals surface area contributed by atoms with Crippen LogP contribution in [0.4, 0.5) is 0 Å². The van der Waals surface area contributed by atoms with E-state index in [0.29, 0.717) is 13.1 Å². The number of hydrogen-bond acceptors (Lipinski definition) is 5. The quantitative estimate of drug-likeness (QED) is 0.501. The van der Waals surface area contributed by atoms with Crippen molar-refractivity contribution >= 4 is 33.4 Å². The van der Waals surface area contributed by atoms with Crippen molar-refractivity contribution in [1.29, 1.82) is 0 Å². The zero-order valence-corrected chi connectivity index (χ0v) is 18.2. The van der Waals surface area contributed by atoms with Gasteiger partial charge in [0.25, 0.3) is 0 Å². The predicted octanol–water partition coefficient (Wildman–Crippen LogP) is 1.12. The maximum absolute atomic E-state index is 12.2. The van der Waals surface area contributed by atoms with E-state index in [0.717, 1.165) is 32.4 Å². The fourth-order valence-corrected chi connectivity index (χ4v) is 4.65. The number of likely N-dealkylation sites (tertiary alicyclic amines) is 1. The van der Waals surface area contributed by atoms with Crippen molar-refractivity contribution in [3.05, 3.63) is 29.3 Å². The van der Waals surface area contributed by atoms with E-state index < -0.39 is 10.0 Å². The first kappa shape index (κ1) is 23.6. The molecular formula is C19H29ClN4O4S. The second-order valence-corrected chi connectivity index (χ2v) is 9.19. The van der Waals surface area contributed by atoms with Crippen molar-refractivity contribution in [3.8, 4) is 0 Å². The topological polar surface area (TPSA) is 108 Å². The summed E-state index contributed by atoms with van der Waals surface area (Å²) in [7, 11) is -3.75. The lowest BCUT2D eigenvalue weighted by Gasteiger charge is -2.31. The van der Waals surface area contributed by atoms with E-state index in [2.05, 4.69) is 20.3 Å². The molecule has 1 heterocycles. The minimum Gasteiger partial charge on any atom is -0.355 e. The molecular weight excluding hydrogens is 416 g/mol. The number of amides is 2. The van der Waals surface area contributed by atoms with Crippen molar-refractivity contribution in [1.82, 2.24) is 20.3 Å². The molecule has 1 aromatic rings. The van der Waals surface area contributed by atoms with E-state index in [-0.39, 0.29) is 40.7 Å². The van der Waals surface area contributed by atoms with Crippen molar-refractivity contribution in [2.75, 3.05) is 32.7 Å². The Balaban J connectivity index is 1.68. The predicted molar refractivity (Wildman–Crippen MR) is 112 cm³/mol. The van der Waals surface area contributed by atoms with Crippen LogP contribution in [0.2, 0.25) is 5.02 Å². The van der Waals surface area contributed by atoms with Gasteiger partial charge >= 0.3 is 0 Å². The van der Waals surface area contributed by atoms with Crippen LogP contribution >= 0.6 is 11.6 Å². The van der Waals surface area contributed by atoms with Crippen LogP contribution in [0.1, 0.15) is 32.6 Å². The van der Waals surface area contributed by atoms with Crippen LogP contribution in [0.3, 0.4) is 0 Å². The Hall–Kier alpha value is -1.68. The molecule has 0 aliphatic carbocycles. The van der Waals surface area contributed by atoms with E-state index in [9.17, 15) is 18.0 Å². The van der Waals surface area contributed by atoms with Gasteiger partial charge in [-0.25, -0.2) is 13.1 Å². The largest absolute Gasteiger partial charge is 0.355 e. The van der Waals surface area contributed by atoms with Crippen LogP contribution in [0.15, 0.2) is 29.2 Å². The van der Waals surface area contributed by atoms with Gasteiger partial charge in [0.05, 0.1) is 11.6 Å². The molecule has 3 N–H and O–H groups in total. The number of carbonyl (C=O) groups excluding carboxylic acids is 2. The van der Waals surface area contributed by atoms with E-state index in [1.807, 2.05) is 6.92 Å². The number of nitrogens with one attached hydrogen (secondary N) is 3. The first-order valence-electron chi connectivity index (χ1n) is 9.84. The van der Waals surface area contributed by atoms with Crippen molar-refractivity contribution in [2.45, 2.75) is 43.5 Å². The average molecular weight is 445 g/mol. The zero-order chi connectivity index (χ0) is 21.3. The van der Waals surface area contributed by atoms with Crippen LogP contribution < -0.4 is 15.4 Å². The molecule has 0 bridgehead atoms. The molecule has 162 valence electrons. The molecule has 1 fully saturated rings. The summed E-state index contributed by atoms with van der Waals surface area (Å²) in [5.41, 5.74) is 0. The minimum atomic E-state index is -3.75. The summed E-state index contributed by atoms with van der Waals surface area (Å²) in [6.45, 7) is 4.55. The normalized spacial score (nSPS) is 15.8. The second kappa shape index (κ2) is 11.5. The summed E-state index contributed by atoms with van der Waals surface area (Å²) in [5, 5.41) is 5.93. The SMILES string of the molecule is CCCNC(=O)CN1CCC(NC(=O)CCNS(=O)(=O)c2ccccc2Cl)CC1. The minimum absolute atomic E-state index is 0.00239. The van der Waals surface area contributed by atoms with Crippen LogP contribution in [0.5, 0.6) is 0 Å². The highest BCUT2D eigenvalue weighted by molar-refractivity contribution is 7.89. The number of rotatable bonds is 10. The van der Waals surface area contributed by atoms with Gasteiger partial charge in [0, 0.05) is 38.6 Å².